The molecule has 6 nitrogen and oxygen atoms in total. The molecule has 0 unspecified atom stereocenters. The van der Waals surface area contributed by atoms with E-state index < -0.39 is 40.6 Å². The fraction of sp³-hybridized carbons (Fsp3) is 0.111. The van der Waals surface area contributed by atoms with Crippen LogP contribution >= 0.6 is 0 Å². The molecule has 0 spiro atoms. The third kappa shape index (κ3) is 3.51. The van der Waals surface area contributed by atoms with Crippen LogP contribution in [0, 0.1) is 0 Å². The van der Waals surface area contributed by atoms with Crippen molar-refractivity contribution in [3.05, 3.63) is 65.9 Å². The van der Waals surface area contributed by atoms with Crippen LogP contribution in [-0.2, 0) is 12.4 Å². The van der Waals surface area contributed by atoms with Gasteiger partial charge < -0.3 is 5.32 Å². The maximum absolute atomic E-state index is 13.4. The number of halogens is 6. The molecule has 4 aromatic heterocycles. The third-order valence-corrected chi connectivity index (χ3v) is 4.15. The molecule has 0 aliphatic carbocycles. The molecule has 0 bridgehead atoms. The number of hydrogen-bond donors (Lipinski definition) is 1. The molecule has 4 aromatic rings. The van der Waals surface area contributed by atoms with Crippen LogP contribution in [0.5, 0.6) is 0 Å². The van der Waals surface area contributed by atoms with Crippen molar-refractivity contribution in [2.45, 2.75) is 12.4 Å². The second-order valence-corrected chi connectivity index (χ2v) is 6.17. The van der Waals surface area contributed by atoms with E-state index >= 15 is 0 Å². The van der Waals surface area contributed by atoms with Gasteiger partial charge in [0.1, 0.15) is 22.7 Å². The van der Waals surface area contributed by atoms with Crippen molar-refractivity contribution in [1.29, 1.82) is 0 Å². The quantitative estimate of drug-likeness (QED) is 0.478. The second-order valence-electron chi connectivity index (χ2n) is 6.17. The Balaban J connectivity index is 1.89. The highest BCUT2D eigenvalue weighted by Gasteiger charge is 2.39. The highest BCUT2D eigenvalue weighted by Crippen LogP contribution is 2.38. The lowest BCUT2D eigenvalue weighted by atomic mass is 10.1. The molecule has 0 aliphatic rings. The van der Waals surface area contributed by atoms with E-state index in [1.165, 1.54) is 12.4 Å². The van der Waals surface area contributed by atoms with Crippen molar-refractivity contribution in [2.24, 2.45) is 0 Å². The Kier molecular flexibility index (Phi) is 4.36. The number of nitrogens with one attached hydrogen (secondary N) is 1. The Morgan fingerprint density at radius 2 is 1.77 bits per heavy atom. The highest BCUT2D eigenvalue weighted by atomic mass is 19.4. The number of carbonyl (C=O) groups excluding carboxylic acids is 1. The monoisotopic (exact) mass is 425 g/mol. The Morgan fingerprint density at radius 1 is 1.00 bits per heavy atom. The number of rotatable bonds is 2. The lowest BCUT2D eigenvalue weighted by molar-refractivity contribution is -0.144. The molecule has 12 heteroatoms. The number of anilines is 1. The molecule has 0 aliphatic heterocycles. The second kappa shape index (κ2) is 6.68. The molecule has 0 aromatic carbocycles. The van der Waals surface area contributed by atoms with Crippen molar-refractivity contribution >= 4 is 28.3 Å². The van der Waals surface area contributed by atoms with Gasteiger partial charge in [-0.1, -0.05) is 0 Å². The molecule has 1 N–H and O–H groups in total. The molecule has 4 rings (SSSR count). The summed E-state index contributed by atoms with van der Waals surface area (Å²) in [6.45, 7) is 0. The van der Waals surface area contributed by atoms with Gasteiger partial charge in [-0.05, 0) is 30.3 Å². The van der Waals surface area contributed by atoms with E-state index in [4.69, 9.17) is 0 Å². The van der Waals surface area contributed by atoms with E-state index in [2.05, 4.69) is 20.3 Å². The number of imidazole rings is 1. The molecule has 4 heterocycles. The molecule has 0 radical (unpaired) electrons. The SMILES string of the molecule is O=C(Nc1cccnc1)c1cn2c(ccc3c(C(F)(F)F)cc(C(F)(F)F)nc32)n1. The zero-order valence-electron chi connectivity index (χ0n) is 14.6. The molecule has 0 fully saturated rings. The molecule has 0 saturated heterocycles. The summed E-state index contributed by atoms with van der Waals surface area (Å²) in [5.74, 6) is -0.720. The van der Waals surface area contributed by atoms with Gasteiger partial charge in [-0.15, -0.1) is 0 Å². The highest BCUT2D eigenvalue weighted by molar-refractivity contribution is 6.03. The minimum atomic E-state index is -5.10. The summed E-state index contributed by atoms with van der Waals surface area (Å²) >= 11 is 0. The van der Waals surface area contributed by atoms with Gasteiger partial charge in [-0.25, -0.2) is 9.97 Å². The van der Waals surface area contributed by atoms with Crippen molar-refractivity contribution in [3.63, 3.8) is 0 Å². The van der Waals surface area contributed by atoms with Gasteiger partial charge in [-0.3, -0.25) is 14.2 Å². The summed E-state index contributed by atoms with van der Waals surface area (Å²) in [5, 5.41) is 1.92. The van der Waals surface area contributed by atoms with Crippen LogP contribution in [0.4, 0.5) is 32.0 Å². The van der Waals surface area contributed by atoms with E-state index in [1.807, 2.05) is 0 Å². The largest absolute Gasteiger partial charge is 0.433 e. The van der Waals surface area contributed by atoms with Crippen LogP contribution in [0.2, 0.25) is 0 Å². The topological polar surface area (TPSA) is 72.2 Å². The number of pyridine rings is 3. The van der Waals surface area contributed by atoms with E-state index in [-0.39, 0.29) is 17.4 Å². The van der Waals surface area contributed by atoms with Crippen molar-refractivity contribution < 1.29 is 31.1 Å². The van der Waals surface area contributed by atoms with E-state index in [0.717, 1.165) is 22.7 Å². The first kappa shape index (κ1) is 19.6. The summed E-state index contributed by atoms with van der Waals surface area (Å²) in [6, 6.07) is 5.20. The first-order valence-electron chi connectivity index (χ1n) is 8.22. The van der Waals surface area contributed by atoms with Gasteiger partial charge in [0, 0.05) is 17.8 Å². The number of alkyl halides is 6. The number of amides is 1. The average molecular weight is 425 g/mol. The number of fused-ring (bicyclic) bond motifs is 3. The summed E-state index contributed by atoms with van der Waals surface area (Å²) in [6.07, 6.45) is -6.28. The maximum Gasteiger partial charge on any atom is 0.433 e. The van der Waals surface area contributed by atoms with Crippen LogP contribution in [-0.4, -0.2) is 25.3 Å². The summed E-state index contributed by atoms with van der Waals surface area (Å²) < 4.78 is 80.4. The normalized spacial score (nSPS) is 12.5. The number of hydrogen-bond acceptors (Lipinski definition) is 4. The Morgan fingerprint density at radius 3 is 2.40 bits per heavy atom. The van der Waals surface area contributed by atoms with Gasteiger partial charge in [0.15, 0.2) is 0 Å². The van der Waals surface area contributed by atoms with Crippen molar-refractivity contribution in [2.75, 3.05) is 5.32 Å². The molecule has 30 heavy (non-hydrogen) atoms. The minimum absolute atomic E-state index is 0.0406. The van der Waals surface area contributed by atoms with E-state index in [9.17, 15) is 31.1 Å². The number of nitrogens with zero attached hydrogens (tertiary/aromatic N) is 4. The first-order chi connectivity index (χ1) is 14.0. The lowest BCUT2D eigenvalue weighted by Gasteiger charge is -2.14. The zero-order valence-corrected chi connectivity index (χ0v) is 14.6. The standard InChI is InChI=1S/C18H9F6N5O/c19-17(20,21)11-6-13(18(22,23)24)28-15-10(11)3-4-14-27-12(8-29(14)15)16(30)26-9-2-1-5-25-7-9/h1-8H,(H,26,30). The van der Waals surface area contributed by atoms with Crippen molar-refractivity contribution in [1.82, 2.24) is 19.4 Å². The average Bonchev–Trinajstić information content (AvgIpc) is 3.11. The van der Waals surface area contributed by atoms with Gasteiger partial charge in [0.25, 0.3) is 5.91 Å². The summed E-state index contributed by atoms with van der Waals surface area (Å²) in [5.41, 5.74) is -3.75. The zero-order chi connectivity index (χ0) is 21.7. The predicted octanol–water partition coefficient (Wildman–Crippen LogP) is 4.57. The summed E-state index contributed by atoms with van der Waals surface area (Å²) in [4.78, 5) is 23.5. The molecule has 0 atom stereocenters. The van der Waals surface area contributed by atoms with E-state index in [1.54, 1.807) is 12.1 Å². The van der Waals surface area contributed by atoms with Gasteiger partial charge in [0.05, 0.1) is 17.4 Å². The predicted molar refractivity (Wildman–Crippen MR) is 92.7 cm³/mol. The fourth-order valence-corrected chi connectivity index (χ4v) is 2.85. The number of carbonyl (C=O) groups is 1. The lowest BCUT2D eigenvalue weighted by Crippen LogP contribution is -2.14. The third-order valence-electron chi connectivity index (χ3n) is 4.15. The number of aromatic nitrogens is 4. The van der Waals surface area contributed by atoms with Gasteiger partial charge >= 0.3 is 12.4 Å². The summed E-state index contributed by atoms with van der Waals surface area (Å²) in [7, 11) is 0. The van der Waals surface area contributed by atoms with Crippen LogP contribution < -0.4 is 5.32 Å². The Hall–Kier alpha value is -3.70. The van der Waals surface area contributed by atoms with E-state index in [0.29, 0.717) is 5.69 Å². The molecule has 0 saturated carbocycles. The molecule has 154 valence electrons. The maximum atomic E-state index is 13.4. The van der Waals surface area contributed by atoms with Crippen LogP contribution in [0.1, 0.15) is 21.7 Å². The smallest absolute Gasteiger partial charge is 0.319 e. The minimum Gasteiger partial charge on any atom is -0.319 e. The van der Waals surface area contributed by atoms with Gasteiger partial charge in [0.2, 0.25) is 0 Å². The molecular formula is C18H9F6N5O. The van der Waals surface area contributed by atoms with Crippen molar-refractivity contribution in [3.8, 4) is 0 Å². The fourth-order valence-electron chi connectivity index (χ4n) is 2.85. The van der Waals surface area contributed by atoms with Gasteiger partial charge in [-0.2, -0.15) is 26.3 Å². The molecular weight excluding hydrogens is 416 g/mol. The molecule has 1 amide bonds. The first-order valence-corrected chi connectivity index (χ1v) is 8.22. The Bertz CT molecular complexity index is 1260. The van der Waals surface area contributed by atoms with Crippen LogP contribution in [0.15, 0.2) is 48.9 Å². The van der Waals surface area contributed by atoms with Crippen LogP contribution in [0.25, 0.3) is 16.7 Å². The van der Waals surface area contributed by atoms with Crippen LogP contribution in [0.3, 0.4) is 0 Å². The Labute approximate surface area is 163 Å².